The predicted octanol–water partition coefficient (Wildman–Crippen LogP) is 1.63. The molecule has 0 aromatic carbocycles. The first-order valence-electron chi connectivity index (χ1n) is 4.70. The van der Waals surface area contributed by atoms with E-state index in [-0.39, 0.29) is 6.61 Å². The highest BCUT2D eigenvalue weighted by Gasteiger charge is 2.13. The molecule has 4 heteroatoms. The lowest BCUT2D eigenvalue weighted by Gasteiger charge is -2.25. The van der Waals surface area contributed by atoms with Gasteiger partial charge in [-0.05, 0) is 19.3 Å². The van der Waals surface area contributed by atoms with Crippen molar-refractivity contribution in [1.82, 2.24) is 4.98 Å². The molecule has 1 aliphatic rings. The lowest BCUT2D eigenvalue weighted by molar-refractivity contribution is 0.285. The van der Waals surface area contributed by atoms with Gasteiger partial charge in [-0.15, -0.1) is 0 Å². The van der Waals surface area contributed by atoms with Crippen molar-refractivity contribution >= 4 is 16.5 Å². The van der Waals surface area contributed by atoms with Crippen molar-refractivity contribution in [3.05, 3.63) is 11.1 Å². The molecule has 0 radical (unpaired) electrons. The molecule has 0 atom stereocenters. The van der Waals surface area contributed by atoms with Gasteiger partial charge >= 0.3 is 0 Å². The molecule has 13 heavy (non-hydrogen) atoms. The summed E-state index contributed by atoms with van der Waals surface area (Å²) in [5, 5.41) is 9.97. The van der Waals surface area contributed by atoms with Gasteiger partial charge in [0.15, 0.2) is 5.13 Å². The molecule has 0 amide bonds. The van der Waals surface area contributed by atoms with E-state index in [0.717, 1.165) is 23.1 Å². The van der Waals surface area contributed by atoms with E-state index < -0.39 is 0 Å². The Kier molecular flexibility index (Phi) is 2.80. The summed E-state index contributed by atoms with van der Waals surface area (Å²) >= 11 is 1.60. The predicted molar refractivity (Wildman–Crippen MR) is 54.1 cm³/mol. The summed E-state index contributed by atoms with van der Waals surface area (Å²) in [6.45, 7) is 2.36. The molecule has 72 valence electrons. The smallest absolute Gasteiger partial charge is 0.185 e. The van der Waals surface area contributed by atoms with Gasteiger partial charge in [0.05, 0.1) is 11.5 Å². The second-order valence-electron chi connectivity index (χ2n) is 3.31. The largest absolute Gasteiger partial charge is 0.391 e. The summed E-state index contributed by atoms with van der Waals surface area (Å²) in [4.78, 5) is 7.57. The van der Waals surface area contributed by atoms with E-state index in [1.165, 1.54) is 19.3 Å². The number of nitrogens with zero attached hydrogens (tertiary/aromatic N) is 2. The number of thiazole rings is 1. The highest BCUT2D eigenvalue weighted by molar-refractivity contribution is 7.15. The number of piperidine rings is 1. The molecule has 0 spiro atoms. The van der Waals surface area contributed by atoms with Crippen molar-refractivity contribution < 1.29 is 5.11 Å². The quantitative estimate of drug-likeness (QED) is 0.784. The molecule has 1 aromatic heterocycles. The third-order valence-corrected chi connectivity index (χ3v) is 3.37. The van der Waals surface area contributed by atoms with Crippen molar-refractivity contribution in [1.29, 1.82) is 0 Å². The van der Waals surface area contributed by atoms with E-state index in [2.05, 4.69) is 9.88 Å². The lowest BCUT2D eigenvalue weighted by atomic mass is 10.1. The maximum Gasteiger partial charge on any atom is 0.185 e. The van der Waals surface area contributed by atoms with Crippen LogP contribution in [0.4, 0.5) is 5.13 Å². The second kappa shape index (κ2) is 4.07. The van der Waals surface area contributed by atoms with Gasteiger partial charge in [-0.25, -0.2) is 4.98 Å². The zero-order chi connectivity index (χ0) is 9.10. The van der Waals surface area contributed by atoms with Crippen LogP contribution >= 0.6 is 11.3 Å². The van der Waals surface area contributed by atoms with E-state index in [1.54, 1.807) is 17.5 Å². The van der Waals surface area contributed by atoms with Crippen molar-refractivity contribution in [3.63, 3.8) is 0 Å². The number of anilines is 1. The summed E-state index contributed by atoms with van der Waals surface area (Å²) in [5.41, 5.74) is 0. The number of rotatable bonds is 2. The molecule has 1 saturated heterocycles. The molecule has 0 unspecified atom stereocenters. The Labute approximate surface area is 82.0 Å². The van der Waals surface area contributed by atoms with Crippen molar-refractivity contribution in [2.45, 2.75) is 25.9 Å². The first-order chi connectivity index (χ1) is 6.40. The zero-order valence-corrected chi connectivity index (χ0v) is 8.39. The molecule has 1 aliphatic heterocycles. The van der Waals surface area contributed by atoms with E-state index in [9.17, 15) is 0 Å². The highest BCUT2D eigenvalue weighted by Crippen LogP contribution is 2.25. The van der Waals surface area contributed by atoms with Crippen LogP contribution in [0.2, 0.25) is 0 Å². The number of aromatic nitrogens is 1. The summed E-state index contributed by atoms with van der Waals surface area (Å²) in [6.07, 6.45) is 5.66. The van der Waals surface area contributed by atoms with Gasteiger partial charge in [-0.1, -0.05) is 11.3 Å². The number of aliphatic hydroxyl groups is 1. The van der Waals surface area contributed by atoms with Crippen LogP contribution in [-0.4, -0.2) is 23.2 Å². The third kappa shape index (κ3) is 2.00. The van der Waals surface area contributed by atoms with E-state index in [0.29, 0.717) is 0 Å². The van der Waals surface area contributed by atoms with Crippen LogP contribution in [0.1, 0.15) is 24.1 Å². The average Bonchev–Trinajstić information content (AvgIpc) is 2.67. The lowest BCUT2D eigenvalue weighted by Crippen LogP contribution is -2.29. The van der Waals surface area contributed by atoms with Crippen LogP contribution < -0.4 is 4.90 Å². The van der Waals surface area contributed by atoms with Crippen molar-refractivity contribution in [3.8, 4) is 0 Å². The van der Waals surface area contributed by atoms with E-state index in [1.807, 2.05) is 0 Å². The van der Waals surface area contributed by atoms with E-state index in [4.69, 9.17) is 5.11 Å². The van der Waals surface area contributed by atoms with Gasteiger partial charge in [0.25, 0.3) is 0 Å². The molecule has 2 heterocycles. The molecule has 0 bridgehead atoms. The fourth-order valence-electron chi connectivity index (χ4n) is 1.60. The minimum Gasteiger partial charge on any atom is -0.391 e. The molecular weight excluding hydrogens is 184 g/mol. The Bertz CT molecular complexity index is 268. The van der Waals surface area contributed by atoms with Crippen LogP contribution in [-0.2, 0) is 6.61 Å². The number of hydrogen-bond acceptors (Lipinski definition) is 4. The molecule has 1 fully saturated rings. The number of hydrogen-bond donors (Lipinski definition) is 1. The minimum absolute atomic E-state index is 0.117. The molecule has 2 rings (SSSR count). The van der Waals surface area contributed by atoms with Gasteiger partial charge in [0, 0.05) is 19.3 Å². The SMILES string of the molecule is OCc1cnc(N2CCCCC2)s1. The van der Waals surface area contributed by atoms with Gasteiger partial charge in [0.1, 0.15) is 0 Å². The zero-order valence-electron chi connectivity index (χ0n) is 7.57. The van der Waals surface area contributed by atoms with Crippen LogP contribution in [0.25, 0.3) is 0 Å². The van der Waals surface area contributed by atoms with Crippen molar-refractivity contribution in [2.24, 2.45) is 0 Å². The molecular formula is C9H14N2OS. The molecule has 1 N–H and O–H groups in total. The fraction of sp³-hybridized carbons (Fsp3) is 0.667. The maximum atomic E-state index is 8.90. The highest BCUT2D eigenvalue weighted by atomic mass is 32.1. The molecule has 0 saturated carbocycles. The minimum atomic E-state index is 0.117. The molecule has 0 aliphatic carbocycles. The van der Waals surface area contributed by atoms with Gasteiger partial charge in [-0.3, -0.25) is 0 Å². The first-order valence-corrected chi connectivity index (χ1v) is 5.52. The maximum absolute atomic E-state index is 8.90. The molecule has 3 nitrogen and oxygen atoms in total. The summed E-state index contributed by atoms with van der Waals surface area (Å²) in [7, 11) is 0. The average molecular weight is 198 g/mol. The van der Waals surface area contributed by atoms with Crippen LogP contribution in [0.15, 0.2) is 6.20 Å². The Balaban J connectivity index is 2.05. The fourth-order valence-corrected chi connectivity index (χ4v) is 2.42. The molecule has 1 aromatic rings. The standard InChI is InChI=1S/C9H14N2OS/c12-7-8-6-10-9(13-8)11-4-2-1-3-5-11/h6,12H,1-5,7H2. The normalized spacial score (nSPS) is 17.8. The summed E-state index contributed by atoms with van der Waals surface area (Å²) in [6, 6.07) is 0. The van der Waals surface area contributed by atoms with Gasteiger partial charge in [0.2, 0.25) is 0 Å². The summed E-state index contributed by atoms with van der Waals surface area (Å²) in [5.74, 6) is 0. The van der Waals surface area contributed by atoms with Crippen molar-refractivity contribution in [2.75, 3.05) is 18.0 Å². The first kappa shape index (κ1) is 8.97. The van der Waals surface area contributed by atoms with E-state index >= 15 is 0 Å². The third-order valence-electron chi connectivity index (χ3n) is 2.32. The Hall–Kier alpha value is -0.610. The summed E-state index contributed by atoms with van der Waals surface area (Å²) < 4.78 is 0. The monoisotopic (exact) mass is 198 g/mol. The van der Waals surface area contributed by atoms with Crippen LogP contribution in [0.5, 0.6) is 0 Å². The second-order valence-corrected chi connectivity index (χ2v) is 4.41. The Morgan fingerprint density at radius 2 is 2.15 bits per heavy atom. The van der Waals surface area contributed by atoms with Gasteiger partial charge in [-0.2, -0.15) is 0 Å². The Morgan fingerprint density at radius 1 is 1.38 bits per heavy atom. The van der Waals surface area contributed by atoms with Crippen LogP contribution in [0.3, 0.4) is 0 Å². The van der Waals surface area contributed by atoms with Crippen LogP contribution in [0, 0.1) is 0 Å². The van der Waals surface area contributed by atoms with Gasteiger partial charge < -0.3 is 10.0 Å². The number of aliphatic hydroxyl groups excluding tert-OH is 1. The topological polar surface area (TPSA) is 36.4 Å². The Morgan fingerprint density at radius 3 is 2.77 bits per heavy atom.